The van der Waals surface area contributed by atoms with Crippen LogP contribution in [0.3, 0.4) is 0 Å². The number of nitrogens with zero attached hydrogens (tertiary/aromatic N) is 9. The van der Waals surface area contributed by atoms with Crippen molar-refractivity contribution >= 4 is 34.8 Å². The summed E-state index contributed by atoms with van der Waals surface area (Å²) >= 11 is 0. The normalized spacial score (nSPS) is 24.7. The van der Waals surface area contributed by atoms with Crippen molar-refractivity contribution in [3.05, 3.63) is 72.7 Å². The third kappa shape index (κ3) is 6.87. The Hall–Kier alpha value is -5.50. The Kier molecular flexibility index (Phi) is 9.51. The molecule has 57 heavy (non-hydrogen) atoms. The molecule has 0 spiro atoms. The van der Waals surface area contributed by atoms with Crippen molar-refractivity contribution in [1.29, 1.82) is 0 Å². The van der Waals surface area contributed by atoms with Gasteiger partial charge in [0, 0.05) is 74.1 Å². The lowest BCUT2D eigenvalue weighted by atomic mass is 9.91. The zero-order chi connectivity index (χ0) is 38.5. The number of ether oxygens (including phenoxy) is 1. The van der Waals surface area contributed by atoms with E-state index in [0.717, 1.165) is 107 Å². The topological polar surface area (TPSA) is 143 Å². The van der Waals surface area contributed by atoms with Gasteiger partial charge in [0.1, 0.15) is 18.4 Å². The summed E-state index contributed by atoms with van der Waals surface area (Å²) in [6, 6.07) is 18.6. The van der Waals surface area contributed by atoms with Gasteiger partial charge in [-0.2, -0.15) is 10.2 Å². The van der Waals surface area contributed by atoms with Gasteiger partial charge in [-0.25, -0.2) is 9.97 Å². The molecule has 0 aliphatic carbocycles. The summed E-state index contributed by atoms with van der Waals surface area (Å²) in [6.07, 6.45) is 11.3. The summed E-state index contributed by atoms with van der Waals surface area (Å²) in [5.41, 5.74) is 5.61. The number of nitrogens with one attached hydrogen (secondary N) is 1. The second-order valence-electron chi connectivity index (χ2n) is 16.5. The summed E-state index contributed by atoms with van der Waals surface area (Å²) in [6.45, 7) is 6.96. The molecule has 2 N–H and O–H groups in total. The van der Waals surface area contributed by atoms with Crippen molar-refractivity contribution < 1.29 is 19.4 Å². The molecule has 5 saturated heterocycles. The van der Waals surface area contributed by atoms with Crippen molar-refractivity contribution in [2.75, 3.05) is 72.0 Å². The number of carbonyl (C=O) groups is 2. The van der Waals surface area contributed by atoms with E-state index in [4.69, 9.17) is 14.7 Å². The molecule has 2 aromatic carbocycles. The van der Waals surface area contributed by atoms with Crippen molar-refractivity contribution in [1.82, 2.24) is 30.4 Å². The van der Waals surface area contributed by atoms with Crippen molar-refractivity contribution in [2.24, 2.45) is 0 Å². The number of hydrogen-bond acceptors (Lipinski definition) is 13. The molecule has 0 radical (unpaired) electrons. The van der Waals surface area contributed by atoms with E-state index in [2.05, 4.69) is 58.2 Å². The number of imide groups is 1. The van der Waals surface area contributed by atoms with Crippen molar-refractivity contribution in [3.63, 3.8) is 0 Å². The number of piperazine rings is 1. The molecule has 2 aromatic heterocycles. The highest BCUT2D eigenvalue weighted by molar-refractivity contribution is 6.02. The van der Waals surface area contributed by atoms with Crippen LogP contribution in [0.15, 0.2) is 67.0 Å². The highest BCUT2D eigenvalue weighted by Crippen LogP contribution is 2.43. The molecule has 10 rings (SSSR count). The van der Waals surface area contributed by atoms with E-state index >= 15 is 0 Å². The molecule has 8 heterocycles. The predicted molar refractivity (Wildman–Crippen MR) is 217 cm³/mol. The summed E-state index contributed by atoms with van der Waals surface area (Å²) in [5.74, 6) is 1.96. The number of benzene rings is 2. The van der Waals surface area contributed by atoms with Crippen LogP contribution in [-0.4, -0.2) is 119 Å². The first kappa shape index (κ1) is 35.9. The van der Waals surface area contributed by atoms with Gasteiger partial charge in [0.25, 0.3) is 0 Å². The predicted octanol–water partition coefficient (Wildman–Crippen LogP) is 4.35. The highest BCUT2D eigenvalue weighted by atomic mass is 16.5. The highest BCUT2D eigenvalue weighted by Gasteiger charge is 2.42. The van der Waals surface area contributed by atoms with Crippen molar-refractivity contribution in [2.45, 2.75) is 81.5 Å². The minimum Gasteiger partial charge on any atom is -0.507 e. The van der Waals surface area contributed by atoms with Crippen molar-refractivity contribution in [3.8, 4) is 22.8 Å². The Balaban J connectivity index is 0.747. The number of aromatic hydroxyl groups is 1. The summed E-state index contributed by atoms with van der Waals surface area (Å²) in [4.78, 5) is 46.8. The van der Waals surface area contributed by atoms with Crippen LogP contribution in [0.4, 0.5) is 23.0 Å². The molecule has 296 valence electrons. The summed E-state index contributed by atoms with van der Waals surface area (Å²) in [5, 5.41) is 21.6. The van der Waals surface area contributed by atoms with Gasteiger partial charge in [0.05, 0.1) is 35.5 Å². The number of phenols is 1. The number of para-hydroxylation sites is 2. The van der Waals surface area contributed by atoms with E-state index in [0.29, 0.717) is 61.3 Å². The molecule has 0 saturated carbocycles. The van der Waals surface area contributed by atoms with E-state index in [1.54, 1.807) is 6.07 Å². The molecular formula is C43H50N10O4. The number of anilines is 4. The second-order valence-corrected chi connectivity index (χ2v) is 16.5. The van der Waals surface area contributed by atoms with Crippen LogP contribution in [-0.2, 0) is 9.59 Å². The summed E-state index contributed by atoms with van der Waals surface area (Å²) in [7, 11) is 0. The van der Waals surface area contributed by atoms with Crippen LogP contribution in [0.1, 0.15) is 63.0 Å². The number of rotatable bonds is 7. The zero-order valence-electron chi connectivity index (χ0n) is 32.2. The molecule has 2 amide bonds. The standard InChI is InChI=1S/C43H50N10O4/c54-39-7-2-1-4-33(39)35-24-32(25-45-48-35)51-26-30-8-9-31(27-51)53(30)43-44-17-12-34(46-43)28-13-18-49(19-14-28)29-15-20-50(21-16-29)36-5-3-6-37-41(36)57-23-22-52(37)38-10-11-40(55)47-42(38)56/h1-7,12,17,24-25,28-31,38,54H,8-11,13-16,18-23,26-27H2,(H,47,55,56)/t30-,31+,38-/m1/s1. The largest absolute Gasteiger partial charge is 0.507 e. The quantitative estimate of drug-likeness (QED) is 0.258. The number of carbonyl (C=O) groups excluding carboxylic acids is 2. The lowest BCUT2D eigenvalue weighted by Gasteiger charge is -2.44. The second kappa shape index (κ2) is 15.1. The lowest BCUT2D eigenvalue weighted by Crippen LogP contribution is -2.54. The Morgan fingerprint density at radius 1 is 0.789 bits per heavy atom. The molecule has 2 bridgehead atoms. The average molecular weight is 771 g/mol. The fraction of sp³-hybridized carbons (Fsp3) is 0.488. The maximum absolute atomic E-state index is 12.7. The molecule has 6 aliphatic heterocycles. The third-order valence-corrected chi connectivity index (χ3v) is 13.3. The Bertz CT molecular complexity index is 2120. The van der Waals surface area contributed by atoms with Crippen LogP contribution in [0.2, 0.25) is 0 Å². The van der Waals surface area contributed by atoms with Gasteiger partial charge in [-0.15, -0.1) is 0 Å². The maximum atomic E-state index is 12.7. The Labute approximate surface area is 332 Å². The SMILES string of the molecule is O=C1CC[C@@H](N2CCOc3c(N4CCC(N5CCC(c6ccnc(N7[C@@H]8CC[C@H]7CN(c7cnnc(-c9ccccc9O)c7)C8)n6)CC5)CC4)cccc32)C(=O)N1. The molecule has 14 nitrogen and oxygen atoms in total. The van der Waals surface area contributed by atoms with E-state index in [1.807, 2.05) is 42.7 Å². The molecular weight excluding hydrogens is 721 g/mol. The van der Waals surface area contributed by atoms with Gasteiger partial charge in [-0.3, -0.25) is 14.9 Å². The maximum Gasteiger partial charge on any atom is 0.249 e. The van der Waals surface area contributed by atoms with Gasteiger partial charge in [0.15, 0.2) is 5.75 Å². The van der Waals surface area contributed by atoms with Crippen LogP contribution in [0.5, 0.6) is 11.5 Å². The van der Waals surface area contributed by atoms with Gasteiger partial charge >= 0.3 is 0 Å². The van der Waals surface area contributed by atoms with Gasteiger partial charge in [0.2, 0.25) is 17.8 Å². The number of likely N-dealkylation sites (tertiary alicyclic amines) is 1. The van der Waals surface area contributed by atoms with E-state index < -0.39 is 0 Å². The van der Waals surface area contributed by atoms with E-state index in [9.17, 15) is 14.7 Å². The number of fused-ring (bicyclic) bond motifs is 3. The zero-order valence-corrected chi connectivity index (χ0v) is 32.2. The first-order chi connectivity index (χ1) is 28.0. The monoisotopic (exact) mass is 770 g/mol. The molecule has 0 unspecified atom stereocenters. The molecule has 4 aromatic rings. The number of piperidine rings is 3. The fourth-order valence-corrected chi connectivity index (χ4v) is 10.3. The van der Waals surface area contributed by atoms with Crippen LogP contribution in [0.25, 0.3) is 11.3 Å². The van der Waals surface area contributed by atoms with Crippen LogP contribution >= 0.6 is 0 Å². The lowest BCUT2D eigenvalue weighted by molar-refractivity contribution is -0.134. The molecule has 6 aliphatic rings. The summed E-state index contributed by atoms with van der Waals surface area (Å²) < 4.78 is 6.27. The van der Waals surface area contributed by atoms with Gasteiger partial charge < -0.3 is 34.3 Å². The van der Waals surface area contributed by atoms with Crippen LogP contribution < -0.4 is 29.7 Å². The number of amides is 2. The van der Waals surface area contributed by atoms with E-state index in [-0.39, 0.29) is 23.6 Å². The first-order valence-corrected chi connectivity index (χ1v) is 20.8. The molecule has 14 heteroatoms. The number of aromatic nitrogens is 4. The third-order valence-electron chi connectivity index (χ3n) is 13.3. The minimum atomic E-state index is -0.349. The minimum absolute atomic E-state index is 0.190. The molecule has 5 fully saturated rings. The van der Waals surface area contributed by atoms with Gasteiger partial charge in [-0.05, 0) is 94.4 Å². The Morgan fingerprint density at radius 3 is 2.37 bits per heavy atom. The Morgan fingerprint density at radius 2 is 1.58 bits per heavy atom. The van der Waals surface area contributed by atoms with Gasteiger partial charge in [-0.1, -0.05) is 18.2 Å². The number of hydrogen-bond donors (Lipinski definition) is 2. The number of phenolic OH excluding ortho intramolecular Hbond substituents is 1. The van der Waals surface area contributed by atoms with E-state index in [1.165, 1.54) is 5.69 Å². The fourth-order valence-electron chi connectivity index (χ4n) is 10.3. The first-order valence-electron chi connectivity index (χ1n) is 20.8. The average Bonchev–Trinajstić information content (AvgIpc) is 3.52. The van der Waals surface area contributed by atoms with Crippen LogP contribution in [0, 0.1) is 0 Å². The molecule has 3 atom stereocenters. The smallest absolute Gasteiger partial charge is 0.249 e.